The van der Waals surface area contributed by atoms with Gasteiger partial charge in [-0.25, -0.2) is 0 Å². The van der Waals surface area contributed by atoms with Crippen LogP contribution in [-0.4, -0.2) is 18.3 Å². The lowest BCUT2D eigenvalue weighted by molar-refractivity contribution is -0.423. The van der Waals surface area contributed by atoms with Crippen molar-refractivity contribution in [2.24, 2.45) is 0 Å². The molecule has 0 heterocycles. The van der Waals surface area contributed by atoms with E-state index in [1.165, 1.54) is 240 Å². The minimum Gasteiger partial charge on any atom is -0.355 e. The molecule has 0 atom stereocenters. The first kappa shape index (κ1) is 101. The van der Waals surface area contributed by atoms with E-state index in [1.807, 2.05) is 0 Å². The van der Waals surface area contributed by atoms with Gasteiger partial charge in [0.2, 0.25) is 0 Å². The summed E-state index contributed by atoms with van der Waals surface area (Å²) in [5.74, 6) is 0. The third-order valence-corrected chi connectivity index (χ3v) is 22.6. The summed E-state index contributed by atoms with van der Waals surface area (Å²) in [7, 11) is 0. The molecule has 0 aromatic heterocycles. The van der Waals surface area contributed by atoms with Crippen LogP contribution in [0.25, 0.3) is 0 Å². The molecule has 8 rings (SSSR count). The molecule has 8 aromatic rings. The molecule has 0 aliphatic carbocycles. The molecule has 0 fully saturated rings. The van der Waals surface area contributed by atoms with Crippen LogP contribution in [0.4, 0.5) is 105 Å². The largest absolute Gasteiger partial charge is 0.416 e. The molecule has 0 saturated carbocycles. The van der Waals surface area contributed by atoms with Crippen molar-refractivity contribution in [2.75, 3.05) is 0 Å². The Bertz CT molecular complexity index is 3590. The van der Waals surface area contributed by atoms with Gasteiger partial charge in [-0.05, 0) is 49.9 Å². The molecule has 3 N–H and O–H groups in total. The lowest BCUT2D eigenvalue weighted by Gasteiger charge is -2.46. The zero-order valence-corrected chi connectivity index (χ0v) is 68.0. The number of quaternary nitrogens is 1. The fourth-order valence-corrected chi connectivity index (χ4v) is 16.3. The number of rotatable bonds is 42. The highest BCUT2D eigenvalue weighted by atomic mass is 19.4. The van der Waals surface area contributed by atoms with Crippen LogP contribution in [0.3, 0.4) is 0 Å². The van der Waals surface area contributed by atoms with E-state index in [4.69, 9.17) is 0 Å². The summed E-state index contributed by atoms with van der Waals surface area (Å²) in [5, 5.41) is 0. The van der Waals surface area contributed by atoms with Crippen LogP contribution in [0.15, 0.2) is 194 Å². The Labute approximate surface area is 690 Å². The van der Waals surface area contributed by atoms with E-state index in [1.54, 1.807) is 0 Å². The molecular weight excluding hydrogens is 1610 g/mol. The van der Waals surface area contributed by atoms with Gasteiger partial charge in [0.15, 0.2) is 0 Å². The maximum absolute atomic E-state index is 14.2. The first-order valence-electron chi connectivity index (χ1n) is 42.1. The van der Waals surface area contributed by atoms with Crippen LogP contribution in [0.2, 0.25) is 0 Å². The van der Waals surface area contributed by atoms with E-state index >= 15 is 0 Å². The second kappa shape index (κ2) is 47.1. The quantitative estimate of drug-likeness (QED) is 0.0224. The minimum absolute atomic E-state index is 0.691. The summed E-state index contributed by atoms with van der Waals surface area (Å²) in [6.45, 7) is 4.61. The molecule has 0 aliphatic rings. The lowest BCUT2D eigenvalue weighted by Crippen LogP contribution is -2.75. The van der Waals surface area contributed by atoms with Gasteiger partial charge in [0.05, 0.1) is 50.5 Å². The van der Waals surface area contributed by atoms with Crippen molar-refractivity contribution in [2.45, 2.75) is 288 Å². The minimum atomic E-state index is -6.13. The zero-order valence-electron chi connectivity index (χ0n) is 68.0. The molecule has 0 radical (unpaired) electrons. The number of benzene rings is 8. The van der Waals surface area contributed by atoms with Gasteiger partial charge in [0.25, 0.3) is 0 Å². The molecule has 0 unspecified atom stereocenters. The molecule has 0 saturated heterocycles. The molecule has 1 nitrogen and oxygen atoms in total. The van der Waals surface area contributed by atoms with Crippen molar-refractivity contribution < 1.29 is 111 Å². The Balaban J connectivity index is 0.000000303. The third kappa shape index (κ3) is 31.5. The highest BCUT2D eigenvalue weighted by molar-refractivity contribution is 7.20. The predicted octanol–water partition coefficient (Wildman–Crippen LogP) is 27.2. The molecule has 27 heteroatoms. The van der Waals surface area contributed by atoms with Crippen molar-refractivity contribution >= 4 is 56.0 Å². The summed E-state index contributed by atoms with van der Waals surface area (Å²) in [6, 6.07) is 35.4. The highest BCUT2D eigenvalue weighted by Gasteiger charge is 2.48. The fourth-order valence-electron chi connectivity index (χ4n) is 16.3. The average Bonchev–Trinajstić information content (AvgIpc) is 0.705. The Morgan fingerprint density at radius 2 is 0.325 bits per heavy atom. The lowest BCUT2D eigenvalue weighted by atomic mass is 9.12. The molecule has 120 heavy (non-hydrogen) atoms. The van der Waals surface area contributed by atoms with Gasteiger partial charge in [-0.2, -0.15) is 149 Å². The molecule has 0 bridgehead atoms. The van der Waals surface area contributed by atoms with E-state index in [9.17, 15) is 105 Å². The van der Waals surface area contributed by atoms with Gasteiger partial charge in [-0.1, -0.05) is 376 Å². The maximum atomic E-state index is 14.2. The molecule has 662 valence electrons. The standard InChI is InChI=1S/C37H77N.C32H12BF24.C24H20B/c1-3-5-7-9-11-13-15-17-19-21-23-25-27-29-31-33-35-37(38)36-34-32-30-28-26-24-22-20-18-16-14-12-10-8-6-4-2;34-25(35,36)13-1-14(26(37,38)39)6-21(5-13)33(22-7-15(27(40,41)42)2-16(8-22)28(43,44)45,23-9-17(29(46,47)48)3-18(10-23)30(49,50)51)24-11-19(31(52,53)54)4-20(12-24)32(55,56)57;1-5-13-21(14-6-1)25(22-15-7-2-8-16-22,23-17-9-3-10-18-23)24-19-11-4-12-20-24/h37H,3-36,38H2,1-2H3;1-12H;1-20H/q;2*-1/p+1. The molecule has 8 aromatic carbocycles. The molecular formula is C93H110B2F24N-. The summed E-state index contributed by atoms with van der Waals surface area (Å²) < 4.78 is 341. The van der Waals surface area contributed by atoms with Crippen molar-refractivity contribution in [3.8, 4) is 0 Å². The first-order chi connectivity index (χ1) is 56.5. The van der Waals surface area contributed by atoms with Crippen LogP contribution in [0, 0.1) is 0 Å². The Hall–Kier alpha value is -7.83. The van der Waals surface area contributed by atoms with Gasteiger partial charge in [0.1, 0.15) is 12.3 Å². The van der Waals surface area contributed by atoms with Gasteiger partial charge in [0, 0.05) is 0 Å². The predicted molar refractivity (Wildman–Crippen MR) is 435 cm³/mol. The van der Waals surface area contributed by atoms with Crippen LogP contribution in [0.1, 0.15) is 277 Å². The average molecular weight is 1720 g/mol. The normalized spacial score (nSPS) is 12.8. The van der Waals surface area contributed by atoms with Gasteiger partial charge in [-0.3, -0.25) is 0 Å². The number of alkyl halides is 24. The van der Waals surface area contributed by atoms with Crippen molar-refractivity contribution in [1.29, 1.82) is 0 Å². The number of unbranched alkanes of at least 4 members (excludes halogenated alkanes) is 30. The summed E-state index contributed by atoms with van der Waals surface area (Å²) in [5.41, 5.74) is -20.4. The number of hydrogen-bond donors (Lipinski definition) is 1. The van der Waals surface area contributed by atoms with E-state index in [0.29, 0.717) is 6.04 Å². The molecule has 0 spiro atoms. The molecule has 0 aliphatic heterocycles. The zero-order chi connectivity index (χ0) is 88.5. The van der Waals surface area contributed by atoms with E-state index in [0.717, 1.165) is 0 Å². The van der Waals surface area contributed by atoms with Gasteiger partial charge >= 0.3 is 49.4 Å². The van der Waals surface area contributed by atoms with E-state index in [-0.39, 0.29) is 0 Å². The fraction of sp³-hybridized carbons (Fsp3) is 0.484. The maximum Gasteiger partial charge on any atom is 0.416 e. The van der Waals surface area contributed by atoms with Crippen molar-refractivity contribution in [3.63, 3.8) is 0 Å². The second-order valence-corrected chi connectivity index (χ2v) is 31.8. The SMILES string of the molecule is CCCCCCCCCCCCCCCCCCC([NH3+])CCCCCCCCCCCCCCCCCC.FC(F)(F)c1cc([B-](c2cc(C(F)(F)F)cc(C(F)(F)F)c2)(c2cc(C(F)(F)F)cc(C(F)(F)F)c2)c2cc(C(F)(F)F)cc(C(F)(F)F)c2)cc(C(F)(F)F)c1.c1ccc([B-](c2ccccc2)(c2ccccc2)c2ccccc2)cc1. The monoisotopic (exact) mass is 1720 g/mol. The third-order valence-electron chi connectivity index (χ3n) is 22.6. The van der Waals surface area contributed by atoms with Crippen molar-refractivity contribution in [3.05, 3.63) is 239 Å². The highest BCUT2D eigenvalue weighted by Crippen LogP contribution is 2.42. The van der Waals surface area contributed by atoms with Gasteiger partial charge in [-0.15, -0.1) is 0 Å². The molecule has 0 amide bonds. The smallest absolute Gasteiger partial charge is 0.355 e. The van der Waals surface area contributed by atoms with Crippen molar-refractivity contribution in [1.82, 2.24) is 0 Å². The summed E-state index contributed by atoms with van der Waals surface area (Å²) in [6.07, 6.45) is -6.47. The van der Waals surface area contributed by atoms with Crippen LogP contribution < -0.4 is 49.4 Å². The van der Waals surface area contributed by atoms with Crippen LogP contribution in [-0.2, 0) is 49.4 Å². The summed E-state index contributed by atoms with van der Waals surface area (Å²) >= 11 is 0. The topological polar surface area (TPSA) is 27.6 Å². The Kier molecular flexibility index (Phi) is 39.7. The first-order valence-corrected chi connectivity index (χ1v) is 42.1. The Morgan fingerprint density at radius 3 is 0.467 bits per heavy atom. The van der Waals surface area contributed by atoms with Crippen LogP contribution >= 0.6 is 0 Å². The second-order valence-electron chi connectivity index (χ2n) is 31.8. The summed E-state index contributed by atoms with van der Waals surface area (Å²) in [4.78, 5) is 0. The van der Waals surface area contributed by atoms with Gasteiger partial charge < -0.3 is 5.73 Å². The number of hydrogen-bond acceptors (Lipinski definition) is 0. The van der Waals surface area contributed by atoms with E-state index < -0.39 is 201 Å². The van der Waals surface area contributed by atoms with Crippen LogP contribution in [0.5, 0.6) is 0 Å². The van der Waals surface area contributed by atoms with E-state index in [2.05, 4.69) is 141 Å². The Morgan fingerprint density at radius 1 is 0.192 bits per heavy atom. The number of halogens is 24.